The molecule has 0 radical (unpaired) electrons. The van der Waals surface area contributed by atoms with Gasteiger partial charge in [0.1, 0.15) is 6.20 Å². The lowest BCUT2D eigenvalue weighted by Crippen LogP contribution is -2.35. The largest absolute Gasteiger partial charge is 0.393 e. The number of benzene rings is 1. The normalized spacial score (nSPS) is 16.0. The maximum Gasteiger partial charge on any atom is 0.372 e. The first-order valence-corrected chi connectivity index (χ1v) is 9.81. The number of nitro groups is 1. The quantitative estimate of drug-likeness (QED) is 0.499. The molecule has 8 nitrogen and oxygen atoms in total. The van der Waals surface area contributed by atoms with E-state index in [-0.39, 0.29) is 11.9 Å². The minimum Gasteiger partial charge on any atom is -0.393 e. The predicted molar refractivity (Wildman–Crippen MR) is 104 cm³/mol. The van der Waals surface area contributed by atoms with E-state index in [1.807, 2.05) is 18.2 Å². The number of hydrogen-bond donors (Lipinski definition) is 2. The second-order valence-corrected chi connectivity index (χ2v) is 7.60. The SMILES string of the molecule is O=[N+]([O-])c1c(NCc2ccccc2CN2CCC(O)CC2)nc2sccn12. The van der Waals surface area contributed by atoms with Gasteiger partial charge in [-0.25, -0.2) is 0 Å². The summed E-state index contributed by atoms with van der Waals surface area (Å²) in [5, 5.41) is 26.0. The molecule has 3 heterocycles. The molecule has 0 unspecified atom stereocenters. The Kier molecular flexibility index (Phi) is 5.06. The first-order chi connectivity index (χ1) is 13.1. The van der Waals surface area contributed by atoms with Crippen LogP contribution in [0.25, 0.3) is 4.96 Å². The van der Waals surface area contributed by atoms with Crippen LogP contribution in [-0.4, -0.2) is 43.5 Å². The summed E-state index contributed by atoms with van der Waals surface area (Å²) in [6.07, 6.45) is 3.08. The van der Waals surface area contributed by atoms with Gasteiger partial charge in [0.2, 0.25) is 5.82 Å². The summed E-state index contributed by atoms with van der Waals surface area (Å²) in [6.45, 7) is 3.04. The van der Waals surface area contributed by atoms with Crippen LogP contribution in [0.3, 0.4) is 0 Å². The minimum atomic E-state index is -0.403. The lowest BCUT2D eigenvalue weighted by molar-refractivity contribution is -0.389. The van der Waals surface area contributed by atoms with Crippen LogP contribution in [-0.2, 0) is 13.1 Å². The molecule has 1 aromatic carbocycles. The Morgan fingerprint density at radius 3 is 2.78 bits per heavy atom. The number of nitrogens with one attached hydrogen (secondary N) is 1. The first-order valence-electron chi connectivity index (χ1n) is 8.93. The van der Waals surface area contributed by atoms with E-state index in [0.717, 1.165) is 38.0 Å². The number of aliphatic hydroxyl groups excluding tert-OH is 1. The van der Waals surface area contributed by atoms with Crippen LogP contribution in [0, 0.1) is 10.1 Å². The molecule has 9 heteroatoms. The summed E-state index contributed by atoms with van der Waals surface area (Å²) < 4.78 is 1.50. The van der Waals surface area contributed by atoms with Gasteiger partial charge in [-0.2, -0.15) is 9.38 Å². The average Bonchev–Trinajstić information content (AvgIpc) is 3.23. The number of aromatic nitrogens is 2. The van der Waals surface area contributed by atoms with Crippen molar-refractivity contribution in [3.8, 4) is 0 Å². The molecule has 4 rings (SSSR count). The maximum absolute atomic E-state index is 11.4. The zero-order valence-corrected chi connectivity index (χ0v) is 15.6. The number of aliphatic hydroxyl groups is 1. The number of piperidine rings is 1. The summed E-state index contributed by atoms with van der Waals surface area (Å²) in [6, 6.07) is 8.10. The van der Waals surface area contributed by atoms with E-state index in [1.165, 1.54) is 21.3 Å². The number of hydrogen-bond acceptors (Lipinski definition) is 7. The topological polar surface area (TPSA) is 95.9 Å². The van der Waals surface area contributed by atoms with Crippen LogP contribution in [0.4, 0.5) is 11.6 Å². The van der Waals surface area contributed by atoms with Gasteiger partial charge in [-0.3, -0.25) is 4.90 Å². The summed E-state index contributed by atoms with van der Waals surface area (Å²) >= 11 is 1.37. The van der Waals surface area contributed by atoms with Gasteiger partial charge < -0.3 is 20.5 Å². The summed E-state index contributed by atoms with van der Waals surface area (Å²) in [7, 11) is 0. The molecule has 0 spiro atoms. The number of thiazole rings is 1. The third-order valence-electron chi connectivity index (χ3n) is 4.93. The number of fused-ring (bicyclic) bond motifs is 1. The van der Waals surface area contributed by atoms with Crippen molar-refractivity contribution in [3.63, 3.8) is 0 Å². The van der Waals surface area contributed by atoms with Crippen molar-refractivity contribution in [3.05, 3.63) is 57.1 Å². The first kappa shape index (κ1) is 17.9. The summed E-state index contributed by atoms with van der Waals surface area (Å²) in [5.74, 6) is 0.261. The molecule has 142 valence electrons. The molecule has 0 bridgehead atoms. The van der Waals surface area contributed by atoms with Crippen molar-refractivity contribution in [2.24, 2.45) is 0 Å². The highest BCUT2D eigenvalue weighted by atomic mass is 32.1. The molecular weight excluding hydrogens is 366 g/mol. The van der Waals surface area contributed by atoms with E-state index in [9.17, 15) is 15.2 Å². The third-order valence-corrected chi connectivity index (χ3v) is 5.68. The Bertz CT molecular complexity index is 946. The highest BCUT2D eigenvalue weighted by Gasteiger charge is 2.23. The fourth-order valence-electron chi connectivity index (χ4n) is 3.45. The van der Waals surface area contributed by atoms with Gasteiger partial charge in [0.05, 0.1) is 6.10 Å². The molecule has 27 heavy (non-hydrogen) atoms. The van der Waals surface area contributed by atoms with Crippen molar-refractivity contribution in [1.82, 2.24) is 14.3 Å². The molecule has 0 saturated carbocycles. The molecule has 0 amide bonds. The molecule has 1 saturated heterocycles. The number of imidazole rings is 1. The fourth-order valence-corrected chi connectivity index (χ4v) is 4.16. The lowest BCUT2D eigenvalue weighted by atomic mass is 10.0. The zero-order chi connectivity index (χ0) is 18.8. The fraction of sp³-hybridized carbons (Fsp3) is 0.389. The van der Waals surface area contributed by atoms with Crippen LogP contribution < -0.4 is 5.32 Å². The second kappa shape index (κ2) is 7.63. The second-order valence-electron chi connectivity index (χ2n) is 6.73. The number of anilines is 1. The van der Waals surface area contributed by atoms with E-state index in [2.05, 4.69) is 21.3 Å². The van der Waals surface area contributed by atoms with Crippen molar-refractivity contribution < 1.29 is 10.0 Å². The Morgan fingerprint density at radius 1 is 1.30 bits per heavy atom. The Labute approximate surface area is 160 Å². The maximum atomic E-state index is 11.4. The van der Waals surface area contributed by atoms with Crippen LogP contribution >= 0.6 is 11.3 Å². The molecule has 3 aromatic rings. The van der Waals surface area contributed by atoms with Crippen LogP contribution in [0.2, 0.25) is 0 Å². The van der Waals surface area contributed by atoms with Crippen LogP contribution in [0.1, 0.15) is 24.0 Å². The van der Waals surface area contributed by atoms with Crippen molar-refractivity contribution in [2.75, 3.05) is 18.4 Å². The van der Waals surface area contributed by atoms with Crippen molar-refractivity contribution >= 4 is 27.9 Å². The Hall–Kier alpha value is -2.49. The molecule has 2 aromatic heterocycles. The molecule has 1 fully saturated rings. The van der Waals surface area contributed by atoms with Crippen molar-refractivity contribution in [2.45, 2.75) is 32.0 Å². The number of nitrogens with zero attached hydrogens (tertiary/aromatic N) is 4. The highest BCUT2D eigenvalue weighted by molar-refractivity contribution is 7.15. The number of rotatable bonds is 6. The van der Waals surface area contributed by atoms with Gasteiger partial charge in [0, 0.05) is 31.6 Å². The number of likely N-dealkylation sites (tertiary alicyclic amines) is 1. The van der Waals surface area contributed by atoms with E-state index in [0.29, 0.717) is 17.3 Å². The van der Waals surface area contributed by atoms with Crippen molar-refractivity contribution in [1.29, 1.82) is 0 Å². The van der Waals surface area contributed by atoms with E-state index < -0.39 is 4.92 Å². The zero-order valence-electron chi connectivity index (χ0n) is 14.7. The standard InChI is InChI=1S/C18H21N5O3S/c24-15-5-7-21(8-6-15)12-14-4-2-1-3-13(14)11-19-16-17(23(25)26)22-9-10-27-18(22)20-16/h1-4,9-10,15,19,24H,5-8,11-12H2. The minimum absolute atomic E-state index is 0.0336. The van der Waals surface area contributed by atoms with Gasteiger partial charge in [0.25, 0.3) is 4.96 Å². The molecule has 0 atom stereocenters. The van der Waals surface area contributed by atoms with Crippen LogP contribution in [0.5, 0.6) is 0 Å². The predicted octanol–water partition coefficient (Wildman–Crippen LogP) is 2.87. The monoisotopic (exact) mass is 387 g/mol. The van der Waals surface area contributed by atoms with Gasteiger partial charge >= 0.3 is 5.82 Å². The lowest BCUT2D eigenvalue weighted by Gasteiger charge is -2.30. The Balaban J connectivity index is 1.50. The molecule has 1 aliphatic heterocycles. The third kappa shape index (κ3) is 3.80. The van der Waals surface area contributed by atoms with Gasteiger partial charge in [0.15, 0.2) is 0 Å². The average molecular weight is 387 g/mol. The van der Waals surface area contributed by atoms with E-state index >= 15 is 0 Å². The molecule has 0 aliphatic carbocycles. The van der Waals surface area contributed by atoms with Gasteiger partial charge in [-0.15, -0.1) is 0 Å². The highest BCUT2D eigenvalue weighted by Crippen LogP contribution is 2.28. The molecule has 1 aliphatic rings. The van der Waals surface area contributed by atoms with E-state index in [1.54, 1.807) is 11.6 Å². The van der Waals surface area contributed by atoms with Gasteiger partial charge in [-0.05, 0) is 28.9 Å². The summed E-state index contributed by atoms with van der Waals surface area (Å²) in [4.78, 5) is 18.3. The summed E-state index contributed by atoms with van der Waals surface area (Å²) in [5.41, 5.74) is 2.28. The molecular formula is C18H21N5O3S. The van der Waals surface area contributed by atoms with Gasteiger partial charge in [-0.1, -0.05) is 35.6 Å². The van der Waals surface area contributed by atoms with E-state index in [4.69, 9.17) is 0 Å². The van der Waals surface area contributed by atoms with Crippen LogP contribution in [0.15, 0.2) is 35.8 Å². The Morgan fingerprint density at radius 2 is 2.04 bits per heavy atom. The molecule has 2 N–H and O–H groups in total. The smallest absolute Gasteiger partial charge is 0.372 e.